The molecule has 0 aliphatic carbocycles. The van der Waals surface area contributed by atoms with Crippen molar-refractivity contribution in [1.29, 1.82) is 0 Å². The van der Waals surface area contributed by atoms with Crippen molar-refractivity contribution in [1.82, 2.24) is 4.90 Å². The first kappa shape index (κ1) is 18.0. The summed E-state index contributed by atoms with van der Waals surface area (Å²) >= 11 is 6.58. The van der Waals surface area contributed by atoms with Crippen LogP contribution < -0.4 is 0 Å². The monoisotopic (exact) mass is 390 g/mol. The molecule has 0 unspecified atom stereocenters. The summed E-state index contributed by atoms with van der Waals surface area (Å²) in [6.45, 7) is -0.185. The van der Waals surface area contributed by atoms with Crippen LogP contribution in [0.5, 0.6) is 5.75 Å². The lowest BCUT2D eigenvalue weighted by Gasteiger charge is -2.12. The van der Waals surface area contributed by atoms with Crippen molar-refractivity contribution >= 4 is 46.3 Å². The first-order valence-corrected chi connectivity index (χ1v) is 8.52. The van der Waals surface area contributed by atoms with Crippen LogP contribution >= 0.6 is 23.4 Å². The molecule has 1 fully saturated rings. The van der Waals surface area contributed by atoms with Gasteiger partial charge < -0.3 is 5.11 Å². The molecule has 0 saturated carbocycles. The Labute approximate surface area is 157 Å². The predicted molar refractivity (Wildman–Crippen MR) is 97.7 cm³/mol. The van der Waals surface area contributed by atoms with E-state index in [-0.39, 0.29) is 33.5 Å². The lowest BCUT2D eigenvalue weighted by Crippen LogP contribution is -2.27. The zero-order valence-electron chi connectivity index (χ0n) is 13.1. The van der Waals surface area contributed by atoms with Crippen LogP contribution in [-0.2, 0) is 11.3 Å². The van der Waals surface area contributed by atoms with E-state index in [1.54, 1.807) is 12.1 Å². The number of rotatable bonds is 4. The van der Waals surface area contributed by atoms with Crippen LogP contribution in [0.2, 0.25) is 5.02 Å². The maximum Gasteiger partial charge on any atom is 0.293 e. The summed E-state index contributed by atoms with van der Waals surface area (Å²) in [5, 5.41) is 20.1. The molecule has 3 rings (SSSR count). The molecule has 1 heterocycles. The average Bonchev–Trinajstić information content (AvgIpc) is 2.86. The number of nitrogens with zero attached hydrogens (tertiary/aromatic N) is 2. The minimum atomic E-state index is -0.553. The van der Waals surface area contributed by atoms with Gasteiger partial charge in [0, 0.05) is 11.6 Å². The van der Waals surface area contributed by atoms with E-state index in [9.17, 15) is 24.8 Å². The number of hydrogen-bond acceptors (Lipinski definition) is 6. The third-order valence-corrected chi connectivity index (χ3v) is 4.87. The Bertz CT molecular complexity index is 960. The molecule has 2 aromatic carbocycles. The highest BCUT2D eigenvalue weighted by Crippen LogP contribution is 2.35. The van der Waals surface area contributed by atoms with E-state index in [1.165, 1.54) is 36.4 Å². The van der Waals surface area contributed by atoms with E-state index < -0.39 is 16.1 Å². The molecule has 7 nitrogen and oxygen atoms in total. The van der Waals surface area contributed by atoms with Gasteiger partial charge in [-0.3, -0.25) is 24.6 Å². The Balaban J connectivity index is 1.87. The molecule has 2 amide bonds. The number of nitro groups is 1. The largest absolute Gasteiger partial charge is 0.506 e. The number of para-hydroxylation sites is 1. The van der Waals surface area contributed by atoms with Crippen LogP contribution in [0.3, 0.4) is 0 Å². The number of thioether (sulfide) groups is 1. The summed E-state index contributed by atoms with van der Waals surface area (Å²) < 4.78 is 0. The highest BCUT2D eigenvalue weighted by Gasteiger charge is 2.36. The fourth-order valence-corrected chi connectivity index (χ4v) is 3.42. The van der Waals surface area contributed by atoms with Gasteiger partial charge in [-0.05, 0) is 35.5 Å². The minimum absolute atomic E-state index is 0.0895. The second kappa shape index (κ2) is 7.19. The second-order valence-corrected chi connectivity index (χ2v) is 6.76. The molecule has 0 atom stereocenters. The number of imide groups is 1. The van der Waals surface area contributed by atoms with Crippen molar-refractivity contribution in [2.24, 2.45) is 0 Å². The smallest absolute Gasteiger partial charge is 0.293 e. The van der Waals surface area contributed by atoms with Gasteiger partial charge in [-0.1, -0.05) is 35.9 Å². The molecule has 1 aliphatic heterocycles. The molecule has 1 N–H and O–H groups in total. The summed E-state index contributed by atoms with van der Waals surface area (Å²) in [6.07, 6.45) is 1.48. The third kappa shape index (κ3) is 3.56. The number of carbonyl (C=O) groups is 2. The fraction of sp³-hybridized carbons (Fsp3) is 0.0588. The standard InChI is InChI=1S/C17H11ClN2O5S/c18-12-7-10(5-6-14(12)21)8-15-16(22)19(17(23)26-15)9-11-3-1-2-4-13(11)20(24)25/h1-8,21H,9H2/b15-8+. The lowest BCUT2D eigenvalue weighted by molar-refractivity contribution is -0.385. The topological polar surface area (TPSA) is 101 Å². The number of hydrogen-bond donors (Lipinski definition) is 1. The maximum absolute atomic E-state index is 12.5. The zero-order chi connectivity index (χ0) is 18.8. The van der Waals surface area contributed by atoms with Crippen molar-refractivity contribution in [2.45, 2.75) is 6.54 Å². The molecule has 1 saturated heterocycles. The minimum Gasteiger partial charge on any atom is -0.506 e. The Hall–Kier alpha value is -2.84. The number of aromatic hydroxyl groups is 1. The summed E-state index contributed by atoms with van der Waals surface area (Å²) in [5.41, 5.74) is 0.665. The molecular weight excluding hydrogens is 380 g/mol. The van der Waals surface area contributed by atoms with Gasteiger partial charge in [0.1, 0.15) is 5.75 Å². The summed E-state index contributed by atoms with van der Waals surface area (Å²) in [6, 6.07) is 10.4. The fourth-order valence-electron chi connectivity index (χ4n) is 2.39. The van der Waals surface area contributed by atoms with Gasteiger partial charge >= 0.3 is 0 Å². The molecule has 2 aromatic rings. The first-order valence-electron chi connectivity index (χ1n) is 7.33. The van der Waals surface area contributed by atoms with E-state index in [4.69, 9.17) is 11.6 Å². The Kier molecular flexibility index (Phi) is 4.97. The SMILES string of the molecule is O=C1S/C(=C/c2ccc(O)c(Cl)c2)C(=O)N1Cc1ccccc1[N+](=O)[O-]. The molecule has 0 aromatic heterocycles. The van der Waals surface area contributed by atoms with Gasteiger partial charge in [-0.15, -0.1) is 0 Å². The van der Waals surface area contributed by atoms with Gasteiger partial charge in [0.05, 0.1) is 21.4 Å². The van der Waals surface area contributed by atoms with Crippen molar-refractivity contribution in [3.05, 3.63) is 73.6 Å². The van der Waals surface area contributed by atoms with Crippen molar-refractivity contribution in [3.63, 3.8) is 0 Å². The summed E-state index contributed by atoms with van der Waals surface area (Å²) in [5.74, 6) is -0.629. The van der Waals surface area contributed by atoms with E-state index >= 15 is 0 Å². The van der Waals surface area contributed by atoms with Crippen molar-refractivity contribution in [3.8, 4) is 5.75 Å². The van der Waals surface area contributed by atoms with Gasteiger partial charge in [-0.25, -0.2) is 0 Å². The third-order valence-electron chi connectivity index (χ3n) is 3.66. The molecule has 132 valence electrons. The van der Waals surface area contributed by atoms with Crippen molar-refractivity contribution in [2.75, 3.05) is 0 Å². The Morgan fingerprint density at radius 2 is 1.96 bits per heavy atom. The highest BCUT2D eigenvalue weighted by atomic mass is 35.5. The second-order valence-electron chi connectivity index (χ2n) is 5.36. The van der Waals surface area contributed by atoms with E-state index in [0.717, 1.165) is 16.7 Å². The normalized spacial score (nSPS) is 15.7. The van der Waals surface area contributed by atoms with Crippen LogP contribution in [0.15, 0.2) is 47.4 Å². The van der Waals surface area contributed by atoms with E-state index in [2.05, 4.69) is 0 Å². The molecule has 0 bridgehead atoms. The molecule has 0 spiro atoms. The van der Waals surface area contributed by atoms with Crippen LogP contribution in [0.4, 0.5) is 10.5 Å². The average molecular weight is 391 g/mol. The number of amides is 2. The number of phenols is 1. The van der Waals surface area contributed by atoms with E-state index in [0.29, 0.717) is 5.56 Å². The van der Waals surface area contributed by atoms with Crippen LogP contribution in [-0.4, -0.2) is 26.1 Å². The number of nitro benzene ring substituents is 1. The molecule has 1 aliphatic rings. The quantitative estimate of drug-likeness (QED) is 0.477. The van der Waals surface area contributed by atoms with Gasteiger partial charge in [0.15, 0.2) is 0 Å². The van der Waals surface area contributed by atoms with Gasteiger partial charge in [-0.2, -0.15) is 0 Å². The lowest BCUT2D eigenvalue weighted by atomic mass is 10.1. The predicted octanol–water partition coefficient (Wildman–Crippen LogP) is 4.19. The van der Waals surface area contributed by atoms with Crippen LogP contribution in [0.25, 0.3) is 6.08 Å². The maximum atomic E-state index is 12.5. The summed E-state index contributed by atoms with van der Waals surface area (Å²) in [4.78, 5) is 36.4. The van der Waals surface area contributed by atoms with Crippen LogP contribution in [0.1, 0.15) is 11.1 Å². The number of carbonyl (C=O) groups excluding carboxylic acids is 2. The van der Waals surface area contributed by atoms with Gasteiger partial charge in [0.2, 0.25) is 0 Å². The van der Waals surface area contributed by atoms with Crippen molar-refractivity contribution < 1.29 is 19.6 Å². The first-order chi connectivity index (χ1) is 12.4. The van der Waals surface area contributed by atoms with E-state index in [1.807, 2.05) is 0 Å². The number of halogens is 1. The Morgan fingerprint density at radius 1 is 1.23 bits per heavy atom. The molecular formula is C17H11ClN2O5S. The number of benzene rings is 2. The number of phenolic OH excluding ortho intramolecular Hbond substituents is 1. The zero-order valence-corrected chi connectivity index (χ0v) is 14.7. The molecule has 26 heavy (non-hydrogen) atoms. The highest BCUT2D eigenvalue weighted by molar-refractivity contribution is 8.18. The molecule has 9 heteroatoms. The Morgan fingerprint density at radius 3 is 2.65 bits per heavy atom. The summed E-state index contributed by atoms with van der Waals surface area (Å²) in [7, 11) is 0. The van der Waals surface area contributed by atoms with Gasteiger partial charge in [0.25, 0.3) is 16.8 Å². The molecule has 0 radical (unpaired) electrons. The van der Waals surface area contributed by atoms with Crippen LogP contribution in [0, 0.1) is 10.1 Å².